The Morgan fingerprint density at radius 2 is 0.892 bits per heavy atom. The van der Waals surface area contributed by atoms with Gasteiger partial charge in [-0.15, -0.1) is 0 Å². The first-order chi connectivity index (χ1) is 18.4. The molecule has 170 valence electrons. The highest BCUT2D eigenvalue weighted by molar-refractivity contribution is 6.38. The van der Waals surface area contributed by atoms with E-state index in [2.05, 4.69) is 132 Å². The molecule has 0 amide bonds. The van der Waals surface area contributed by atoms with Crippen molar-refractivity contribution in [1.82, 2.24) is 4.57 Å². The minimum Gasteiger partial charge on any atom is -0.309 e. The lowest BCUT2D eigenvalue weighted by Gasteiger charge is -2.14. The Balaban J connectivity index is 1.47. The molecule has 37 heavy (non-hydrogen) atoms. The zero-order valence-electron chi connectivity index (χ0n) is 20.1. The number of rotatable bonds is 2. The maximum absolute atomic E-state index is 2.45. The summed E-state index contributed by atoms with van der Waals surface area (Å²) in [5.41, 5.74) is 8.84. The van der Waals surface area contributed by atoms with Crippen LogP contribution in [0.15, 0.2) is 127 Å². The van der Waals surface area contributed by atoms with Gasteiger partial charge in [0.2, 0.25) is 0 Å². The van der Waals surface area contributed by atoms with Gasteiger partial charge >= 0.3 is 0 Å². The number of hydrogen-bond donors (Lipinski definition) is 0. The van der Waals surface area contributed by atoms with Gasteiger partial charge in [-0.05, 0) is 73.5 Å². The van der Waals surface area contributed by atoms with E-state index < -0.39 is 0 Å². The molecule has 0 unspecified atom stereocenters. The topological polar surface area (TPSA) is 4.93 Å². The zero-order chi connectivity index (χ0) is 24.1. The Kier molecular flexibility index (Phi) is 3.59. The second-order valence-electron chi connectivity index (χ2n) is 10.1. The van der Waals surface area contributed by atoms with Crippen molar-refractivity contribution in [2.75, 3.05) is 0 Å². The molecular formula is C36H21N. The predicted molar refractivity (Wildman–Crippen MR) is 158 cm³/mol. The summed E-state index contributed by atoms with van der Waals surface area (Å²) >= 11 is 0. The first-order valence-corrected chi connectivity index (χ1v) is 12.9. The molecule has 0 N–H and O–H groups in total. The van der Waals surface area contributed by atoms with Crippen LogP contribution in [0.25, 0.3) is 82.1 Å². The van der Waals surface area contributed by atoms with Crippen molar-refractivity contribution >= 4 is 54.1 Å². The summed E-state index contributed by atoms with van der Waals surface area (Å²) < 4.78 is 2.45. The van der Waals surface area contributed by atoms with E-state index in [4.69, 9.17) is 0 Å². The third kappa shape index (κ3) is 2.43. The fourth-order valence-corrected chi connectivity index (χ4v) is 6.72. The molecule has 1 aromatic heterocycles. The van der Waals surface area contributed by atoms with Crippen LogP contribution in [0, 0.1) is 0 Å². The van der Waals surface area contributed by atoms with E-state index in [9.17, 15) is 0 Å². The quantitative estimate of drug-likeness (QED) is 0.223. The summed E-state index contributed by atoms with van der Waals surface area (Å²) in [5, 5.41) is 10.8. The number of benzene rings is 7. The molecule has 1 nitrogen and oxygen atoms in total. The SMILES string of the molecule is c1ccc(-c2ccc(-n3c4cccc5c4c4c6c(ccc7ccc8cccc-5c8c76)ccc43)cc2)cc1. The van der Waals surface area contributed by atoms with Gasteiger partial charge in [-0.1, -0.05) is 103 Å². The molecule has 1 aliphatic carbocycles. The van der Waals surface area contributed by atoms with Crippen molar-refractivity contribution < 1.29 is 0 Å². The molecule has 0 aliphatic heterocycles. The molecule has 1 aliphatic rings. The normalized spacial score (nSPS) is 12.3. The monoisotopic (exact) mass is 467 g/mol. The summed E-state index contributed by atoms with van der Waals surface area (Å²) in [6.07, 6.45) is 0. The highest BCUT2D eigenvalue weighted by atomic mass is 15.0. The molecule has 0 radical (unpaired) electrons. The Morgan fingerprint density at radius 1 is 0.324 bits per heavy atom. The van der Waals surface area contributed by atoms with Crippen LogP contribution in [-0.2, 0) is 0 Å². The van der Waals surface area contributed by atoms with Crippen LogP contribution in [0.2, 0.25) is 0 Å². The van der Waals surface area contributed by atoms with Gasteiger partial charge in [-0.3, -0.25) is 0 Å². The molecule has 0 bridgehead atoms. The van der Waals surface area contributed by atoms with Gasteiger partial charge in [0.1, 0.15) is 0 Å². The molecule has 1 heterocycles. The molecule has 0 saturated heterocycles. The van der Waals surface area contributed by atoms with E-state index in [0.29, 0.717) is 0 Å². The molecule has 8 aromatic rings. The first-order valence-electron chi connectivity index (χ1n) is 12.9. The fraction of sp³-hybridized carbons (Fsp3) is 0. The van der Waals surface area contributed by atoms with E-state index in [1.165, 1.54) is 82.1 Å². The molecule has 7 aromatic carbocycles. The summed E-state index contributed by atoms with van der Waals surface area (Å²) in [7, 11) is 0. The molecule has 9 rings (SSSR count). The Hall–Kier alpha value is -4.88. The lowest BCUT2D eigenvalue weighted by Crippen LogP contribution is -1.94. The Labute approximate surface area is 213 Å². The highest BCUT2D eigenvalue weighted by Crippen LogP contribution is 2.49. The highest BCUT2D eigenvalue weighted by Gasteiger charge is 2.23. The van der Waals surface area contributed by atoms with E-state index in [0.717, 1.165) is 0 Å². The van der Waals surface area contributed by atoms with Crippen molar-refractivity contribution in [3.05, 3.63) is 127 Å². The van der Waals surface area contributed by atoms with E-state index in [-0.39, 0.29) is 0 Å². The van der Waals surface area contributed by atoms with Crippen molar-refractivity contribution in [1.29, 1.82) is 0 Å². The van der Waals surface area contributed by atoms with Crippen molar-refractivity contribution in [3.8, 4) is 27.9 Å². The predicted octanol–water partition coefficient (Wildman–Crippen LogP) is 9.89. The summed E-state index contributed by atoms with van der Waals surface area (Å²) in [6.45, 7) is 0. The molecular weight excluding hydrogens is 446 g/mol. The van der Waals surface area contributed by atoms with Crippen molar-refractivity contribution in [2.45, 2.75) is 0 Å². The van der Waals surface area contributed by atoms with Crippen LogP contribution in [0.4, 0.5) is 0 Å². The van der Waals surface area contributed by atoms with Gasteiger partial charge in [0.25, 0.3) is 0 Å². The minimum atomic E-state index is 1.19. The zero-order valence-corrected chi connectivity index (χ0v) is 20.1. The van der Waals surface area contributed by atoms with Crippen LogP contribution >= 0.6 is 0 Å². The van der Waals surface area contributed by atoms with Gasteiger partial charge in [0.15, 0.2) is 0 Å². The van der Waals surface area contributed by atoms with Crippen LogP contribution in [0.3, 0.4) is 0 Å². The minimum absolute atomic E-state index is 1.19. The van der Waals surface area contributed by atoms with Crippen LogP contribution < -0.4 is 0 Å². The maximum Gasteiger partial charge on any atom is 0.0548 e. The average molecular weight is 468 g/mol. The van der Waals surface area contributed by atoms with Crippen molar-refractivity contribution in [2.24, 2.45) is 0 Å². The second kappa shape index (κ2) is 6.87. The van der Waals surface area contributed by atoms with Gasteiger partial charge in [-0.25, -0.2) is 0 Å². The molecule has 0 atom stereocenters. The average Bonchev–Trinajstić information content (AvgIpc) is 3.24. The number of nitrogens with zero attached hydrogens (tertiary/aromatic N) is 1. The van der Waals surface area contributed by atoms with E-state index in [1.807, 2.05) is 0 Å². The third-order valence-electron chi connectivity index (χ3n) is 8.28. The molecule has 1 heteroatoms. The number of hydrogen-bond acceptors (Lipinski definition) is 0. The van der Waals surface area contributed by atoms with E-state index in [1.54, 1.807) is 0 Å². The van der Waals surface area contributed by atoms with Crippen LogP contribution in [-0.4, -0.2) is 4.57 Å². The van der Waals surface area contributed by atoms with Gasteiger partial charge in [-0.2, -0.15) is 0 Å². The summed E-state index contributed by atoms with van der Waals surface area (Å²) in [4.78, 5) is 0. The standard InChI is InChI=1S/C36H21N/c1-2-6-22(7-3-1)23-16-19-27(20-17-23)37-30-11-5-10-29-28-9-4-8-24-12-13-25-14-15-26-18-21-31(37)36(35(29)30)34(26)33(25)32(24)28/h1-21H. The van der Waals surface area contributed by atoms with Gasteiger partial charge in [0.05, 0.1) is 11.0 Å². The largest absolute Gasteiger partial charge is 0.309 e. The Morgan fingerprint density at radius 3 is 1.65 bits per heavy atom. The fourth-order valence-electron chi connectivity index (χ4n) is 6.72. The molecule has 0 saturated carbocycles. The van der Waals surface area contributed by atoms with Gasteiger partial charge < -0.3 is 4.57 Å². The third-order valence-corrected chi connectivity index (χ3v) is 8.28. The van der Waals surface area contributed by atoms with Gasteiger partial charge in [0, 0.05) is 21.8 Å². The Bertz CT molecular complexity index is 2210. The smallest absolute Gasteiger partial charge is 0.0548 e. The maximum atomic E-state index is 2.45. The second-order valence-corrected chi connectivity index (χ2v) is 10.1. The number of aromatic nitrogens is 1. The lowest BCUT2D eigenvalue weighted by atomic mass is 9.93. The van der Waals surface area contributed by atoms with Crippen molar-refractivity contribution in [3.63, 3.8) is 0 Å². The van der Waals surface area contributed by atoms with Crippen LogP contribution in [0.1, 0.15) is 0 Å². The number of fused-ring (bicyclic) bond motifs is 1. The van der Waals surface area contributed by atoms with E-state index >= 15 is 0 Å². The summed E-state index contributed by atoms with van der Waals surface area (Å²) in [5.74, 6) is 0. The molecule has 0 fully saturated rings. The lowest BCUT2D eigenvalue weighted by molar-refractivity contribution is 1.18. The first kappa shape index (κ1) is 19.3. The van der Waals surface area contributed by atoms with Crippen LogP contribution in [0.5, 0.6) is 0 Å². The summed E-state index contributed by atoms with van der Waals surface area (Å²) in [6, 6.07) is 46.9. The molecule has 0 spiro atoms.